The van der Waals surface area contributed by atoms with Crippen LogP contribution in [0.25, 0.3) is 0 Å². The van der Waals surface area contributed by atoms with Crippen LogP contribution < -0.4 is 11.1 Å². The van der Waals surface area contributed by atoms with Crippen LogP contribution in [0.1, 0.15) is 6.42 Å². The van der Waals surface area contributed by atoms with Crippen molar-refractivity contribution in [2.24, 2.45) is 5.73 Å². The van der Waals surface area contributed by atoms with E-state index in [9.17, 15) is 0 Å². The Morgan fingerprint density at radius 2 is 2.38 bits per heavy atom. The SMILES string of the molecule is NCCCNc1cc(Cl)cnc1Br. The number of aromatic nitrogens is 1. The number of nitrogens with one attached hydrogen (secondary N) is 1. The fourth-order valence-electron chi connectivity index (χ4n) is 0.872. The molecule has 0 fully saturated rings. The topological polar surface area (TPSA) is 50.9 Å². The van der Waals surface area contributed by atoms with E-state index in [0.29, 0.717) is 11.6 Å². The average molecular weight is 265 g/mol. The van der Waals surface area contributed by atoms with Crippen molar-refractivity contribution in [3.05, 3.63) is 21.9 Å². The first-order valence-corrected chi connectivity index (χ1v) is 5.16. The van der Waals surface area contributed by atoms with E-state index in [1.54, 1.807) is 6.20 Å². The molecule has 0 amide bonds. The number of hydrogen-bond donors (Lipinski definition) is 2. The lowest BCUT2D eigenvalue weighted by Gasteiger charge is -2.06. The molecule has 0 radical (unpaired) electrons. The van der Waals surface area contributed by atoms with E-state index in [-0.39, 0.29) is 0 Å². The lowest BCUT2D eigenvalue weighted by atomic mass is 10.4. The van der Waals surface area contributed by atoms with E-state index in [1.165, 1.54) is 0 Å². The molecule has 13 heavy (non-hydrogen) atoms. The Hall–Kier alpha value is -0.320. The molecule has 0 bridgehead atoms. The smallest absolute Gasteiger partial charge is 0.129 e. The zero-order chi connectivity index (χ0) is 9.68. The molecule has 3 N–H and O–H groups in total. The summed E-state index contributed by atoms with van der Waals surface area (Å²) in [5, 5.41) is 3.80. The molecule has 0 aliphatic carbocycles. The second kappa shape index (κ2) is 5.42. The minimum atomic E-state index is 0.624. The van der Waals surface area contributed by atoms with Gasteiger partial charge in [0.15, 0.2) is 0 Å². The molecule has 1 heterocycles. The third-order valence-corrected chi connectivity index (χ3v) is 2.34. The maximum atomic E-state index is 5.78. The molecule has 3 nitrogen and oxygen atoms in total. The van der Waals surface area contributed by atoms with Crippen molar-refractivity contribution in [1.29, 1.82) is 0 Å². The van der Waals surface area contributed by atoms with Gasteiger partial charge in [-0.3, -0.25) is 0 Å². The van der Waals surface area contributed by atoms with Gasteiger partial charge in [0.05, 0.1) is 10.7 Å². The van der Waals surface area contributed by atoms with Gasteiger partial charge in [0, 0.05) is 12.7 Å². The van der Waals surface area contributed by atoms with Gasteiger partial charge in [-0.15, -0.1) is 0 Å². The van der Waals surface area contributed by atoms with Gasteiger partial charge in [-0.2, -0.15) is 0 Å². The van der Waals surface area contributed by atoms with Gasteiger partial charge in [-0.05, 0) is 35.0 Å². The van der Waals surface area contributed by atoms with E-state index >= 15 is 0 Å². The summed E-state index contributed by atoms with van der Waals surface area (Å²) in [4.78, 5) is 4.05. The van der Waals surface area contributed by atoms with Crippen LogP contribution in [0.3, 0.4) is 0 Å². The van der Waals surface area contributed by atoms with Crippen molar-refractivity contribution in [3.8, 4) is 0 Å². The van der Waals surface area contributed by atoms with Crippen molar-refractivity contribution < 1.29 is 0 Å². The van der Waals surface area contributed by atoms with Gasteiger partial charge in [0.2, 0.25) is 0 Å². The highest BCUT2D eigenvalue weighted by Crippen LogP contribution is 2.22. The Kier molecular flexibility index (Phi) is 4.48. The second-order valence-corrected chi connectivity index (χ2v) is 3.75. The van der Waals surface area contributed by atoms with Crippen LogP contribution in [-0.4, -0.2) is 18.1 Å². The Balaban J connectivity index is 2.59. The quantitative estimate of drug-likeness (QED) is 0.648. The molecule has 0 aliphatic heterocycles. The van der Waals surface area contributed by atoms with Crippen molar-refractivity contribution in [1.82, 2.24) is 4.98 Å². The highest BCUT2D eigenvalue weighted by Gasteiger charge is 2.00. The summed E-state index contributed by atoms with van der Waals surface area (Å²) in [6.07, 6.45) is 2.53. The van der Waals surface area contributed by atoms with Crippen LogP contribution in [0, 0.1) is 0 Å². The third kappa shape index (κ3) is 3.50. The summed E-state index contributed by atoms with van der Waals surface area (Å²) in [6.45, 7) is 1.51. The molecule has 1 aromatic heterocycles. The van der Waals surface area contributed by atoms with Crippen LogP contribution in [0.2, 0.25) is 5.02 Å². The molecular weight excluding hydrogens is 253 g/mol. The van der Waals surface area contributed by atoms with Crippen molar-refractivity contribution in [2.75, 3.05) is 18.4 Å². The maximum Gasteiger partial charge on any atom is 0.129 e. The Bertz CT molecular complexity index is 280. The summed E-state index contributed by atoms with van der Waals surface area (Å²) < 4.78 is 0.772. The van der Waals surface area contributed by atoms with Crippen molar-refractivity contribution in [2.45, 2.75) is 6.42 Å². The Morgan fingerprint density at radius 3 is 3.08 bits per heavy atom. The van der Waals surface area contributed by atoms with E-state index in [2.05, 4.69) is 26.2 Å². The monoisotopic (exact) mass is 263 g/mol. The van der Waals surface area contributed by atoms with Gasteiger partial charge in [0.25, 0.3) is 0 Å². The second-order valence-electron chi connectivity index (χ2n) is 2.56. The van der Waals surface area contributed by atoms with Gasteiger partial charge in [-0.25, -0.2) is 4.98 Å². The summed E-state index contributed by atoms with van der Waals surface area (Å²) in [6, 6.07) is 1.83. The van der Waals surface area contributed by atoms with Gasteiger partial charge in [0.1, 0.15) is 4.60 Å². The predicted octanol–water partition coefficient (Wildman–Crippen LogP) is 2.26. The largest absolute Gasteiger partial charge is 0.383 e. The highest BCUT2D eigenvalue weighted by atomic mass is 79.9. The summed E-state index contributed by atoms with van der Waals surface area (Å²) >= 11 is 9.10. The van der Waals surface area contributed by atoms with Gasteiger partial charge < -0.3 is 11.1 Å². The molecule has 0 aromatic carbocycles. The molecular formula is C8H11BrClN3. The first-order chi connectivity index (χ1) is 6.24. The average Bonchev–Trinajstić information content (AvgIpc) is 2.11. The minimum absolute atomic E-state index is 0.624. The van der Waals surface area contributed by atoms with E-state index in [0.717, 1.165) is 23.3 Å². The fraction of sp³-hybridized carbons (Fsp3) is 0.375. The van der Waals surface area contributed by atoms with Gasteiger partial charge >= 0.3 is 0 Å². The van der Waals surface area contributed by atoms with Crippen LogP contribution in [0.4, 0.5) is 5.69 Å². The number of anilines is 1. The maximum absolute atomic E-state index is 5.78. The van der Waals surface area contributed by atoms with Crippen LogP contribution in [0.15, 0.2) is 16.9 Å². The molecule has 0 unspecified atom stereocenters. The Morgan fingerprint density at radius 1 is 1.62 bits per heavy atom. The van der Waals surface area contributed by atoms with Crippen molar-refractivity contribution in [3.63, 3.8) is 0 Å². The molecule has 0 spiro atoms. The number of nitrogens with two attached hydrogens (primary N) is 1. The predicted molar refractivity (Wildman–Crippen MR) is 59.1 cm³/mol. The first kappa shape index (κ1) is 10.8. The van der Waals surface area contributed by atoms with Crippen LogP contribution in [-0.2, 0) is 0 Å². The van der Waals surface area contributed by atoms with E-state index < -0.39 is 0 Å². The van der Waals surface area contributed by atoms with Crippen LogP contribution >= 0.6 is 27.5 Å². The van der Waals surface area contributed by atoms with E-state index in [1.807, 2.05) is 6.07 Å². The molecule has 0 atom stereocenters. The summed E-state index contributed by atoms with van der Waals surface area (Å²) in [5.41, 5.74) is 6.27. The number of nitrogens with zero attached hydrogens (tertiary/aromatic N) is 1. The lowest BCUT2D eigenvalue weighted by Crippen LogP contribution is -2.08. The number of rotatable bonds is 4. The zero-order valence-electron chi connectivity index (χ0n) is 7.06. The highest BCUT2D eigenvalue weighted by molar-refractivity contribution is 9.10. The molecule has 72 valence electrons. The van der Waals surface area contributed by atoms with E-state index in [4.69, 9.17) is 17.3 Å². The number of pyridine rings is 1. The summed E-state index contributed by atoms with van der Waals surface area (Å²) in [7, 11) is 0. The molecule has 5 heteroatoms. The minimum Gasteiger partial charge on any atom is -0.383 e. The molecule has 0 saturated carbocycles. The lowest BCUT2D eigenvalue weighted by molar-refractivity contribution is 0.873. The first-order valence-electron chi connectivity index (χ1n) is 3.99. The molecule has 0 aliphatic rings. The number of halogens is 2. The molecule has 1 rings (SSSR count). The normalized spacial score (nSPS) is 10.1. The van der Waals surface area contributed by atoms with Crippen molar-refractivity contribution >= 4 is 33.2 Å². The molecule has 0 saturated heterocycles. The zero-order valence-corrected chi connectivity index (χ0v) is 9.40. The Labute approximate surface area is 90.8 Å². The fourth-order valence-corrected chi connectivity index (χ4v) is 1.39. The van der Waals surface area contributed by atoms with Crippen LogP contribution in [0.5, 0.6) is 0 Å². The molecule has 1 aromatic rings. The number of hydrogen-bond acceptors (Lipinski definition) is 3. The summed E-state index contributed by atoms with van der Waals surface area (Å²) in [5.74, 6) is 0. The van der Waals surface area contributed by atoms with Gasteiger partial charge in [-0.1, -0.05) is 11.6 Å². The standard InChI is InChI=1S/C8H11BrClN3/c9-8-7(12-3-1-2-11)4-6(10)5-13-8/h4-5,12H,1-3,11H2. The third-order valence-electron chi connectivity index (χ3n) is 1.50.